The first-order valence-electron chi connectivity index (χ1n) is 8.01. The number of aliphatic imine (C=N–C) groups is 1. The number of ether oxygens (including phenoxy) is 1. The first-order chi connectivity index (χ1) is 12.8. The van der Waals surface area contributed by atoms with Gasteiger partial charge in [-0.2, -0.15) is 0 Å². The van der Waals surface area contributed by atoms with Crippen LogP contribution >= 0.6 is 11.8 Å². The van der Waals surface area contributed by atoms with Crippen LogP contribution in [-0.4, -0.2) is 44.9 Å². The van der Waals surface area contributed by atoms with E-state index in [2.05, 4.69) is 4.99 Å². The molecule has 0 aromatic heterocycles. The van der Waals surface area contributed by atoms with Gasteiger partial charge in [0, 0.05) is 24.6 Å². The van der Waals surface area contributed by atoms with Gasteiger partial charge in [0.2, 0.25) is 15.9 Å². The van der Waals surface area contributed by atoms with Gasteiger partial charge < -0.3 is 4.74 Å². The molecule has 0 N–H and O–H groups in total. The van der Waals surface area contributed by atoms with Crippen LogP contribution in [0.4, 0.5) is 0 Å². The van der Waals surface area contributed by atoms with E-state index < -0.39 is 16.0 Å². The molecular weight excluding hydrogens is 384 g/mol. The monoisotopic (exact) mass is 402 g/mol. The van der Waals surface area contributed by atoms with E-state index >= 15 is 0 Å². The summed E-state index contributed by atoms with van der Waals surface area (Å²) >= 11 is 1.63. The quantitative estimate of drug-likeness (QED) is 0.437. The third kappa shape index (κ3) is 4.13. The highest BCUT2D eigenvalue weighted by atomic mass is 32.2. The third-order valence-electron chi connectivity index (χ3n) is 3.90. The Hall–Kier alpha value is -2.42. The van der Waals surface area contributed by atoms with Crippen LogP contribution in [0.5, 0.6) is 0 Å². The predicted molar refractivity (Wildman–Crippen MR) is 106 cm³/mol. The summed E-state index contributed by atoms with van der Waals surface area (Å²) < 4.78 is 30.9. The van der Waals surface area contributed by atoms with E-state index in [0.717, 1.165) is 14.8 Å². The molecule has 0 aliphatic carbocycles. The molecule has 0 bridgehead atoms. The molecule has 8 heteroatoms. The van der Waals surface area contributed by atoms with Crippen LogP contribution in [0.15, 0.2) is 69.0 Å². The molecule has 3 rings (SSSR count). The van der Waals surface area contributed by atoms with E-state index in [1.165, 1.54) is 26.2 Å². The van der Waals surface area contributed by atoms with Gasteiger partial charge in [0.15, 0.2) is 5.70 Å². The van der Waals surface area contributed by atoms with E-state index in [1.807, 2.05) is 30.5 Å². The van der Waals surface area contributed by atoms with Gasteiger partial charge in [-0.1, -0.05) is 18.2 Å². The zero-order valence-corrected chi connectivity index (χ0v) is 16.7. The van der Waals surface area contributed by atoms with Crippen LogP contribution in [0, 0.1) is 0 Å². The zero-order valence-electron chi connectivity index (χ0n) is 15.0. The van der Waals surface area contributed by atoms with E-state index in [-0.39, 0.29) is 16.5 Å². The van der Waals surface area contributed by atoms with Crippen LogP contribution in [0.3, 0.4) is 0 Å². The Balaban J connectivity index is 1.93. The third-order valence-corrected chi connectivity index (χ3v) is 6.45. The Bertz CT molecular complexity index is 1040. The number of hydrogen-bond donors (Lipinski definition) is 0. The zero-order chi connectivity index (χ0) is 19.6. The van der Waals surface area contributed by atoms with Gasteiger partial charge in [0.1, 0.15) is 0 Å². The SMILES string of the molecule is CSc1ccc(C=C2N=C(c3cccc(S(=O)(=O)N(C)C)c3)OC2=O)cc1. The van der Waals surface area contributed by atoms with E-state index in [1.54, 1.807) is 30.0 Å². The molecule has 1 heterocycles. The van der Waals surface area contributed by atoms with Crippen molar-refractivity contribution in [3.8, 4) is 0 Å². The highest BCUT2D eigenvalue weighted by Gasteiger charge is 2.26. The number of thioether (sulfide) groups is 1. The van der Waals surface area contributed by atoms with Crippen LogP contribution in [0.1, 0.15) is 11.1 Å². The van der Waals surface area contributed by atoms with Gasteiger partial charge in [-0.3, -0.25) is 0 Å². The van der Waals surface area contributed by atoms with Crippen molar-refractivity contribution < 1.29 is 17.9 Å². The van der Waals surface area contributed by atoms with Gasteiger partial charge in [-0.05, 0) is 48.2 Å². The molecular formula is C19H18N2O4S2. The van der Waals surface area contributed by atoms with Gasteiger partial charge in [0.05, 0.1) is 4.90 Å². The summed E-state index contributed by atoms with van der Waals surface area (Å²) in [4.78, 5) is 17.6. The molecule has 0 atom stereocenters. The van der Waals surface area contributed by atoms with Crippen molar-refractivity contribution in [2.45, 2.75) is 9.79 Å². The molecule has 0 saturated heterocycles. The summed E-state index contributed by atoms with van der Waals surface area (Å²) in [6.07, 6.45) is 3.63. The van der Waals surface area contributed by atoms with E-state index in [9.17, 15) is 13.2 Å². The lowest BCUT2D eigenvalue weighted by Crippen LogP contribution is -2.22. The minimum atomic E-state index is -3.59. The van der Waals surface area contributed by atoms with Gasteiger partial charge in [-0.25, -0.2) is 22.5 Å². The summed E-state index contributed by atoms with van der Waals surface area (Å²) in [5.41, 5.74) is 1.42. The maximum atomic E-state index is 12.3. The lowest BCUT2D eigenvalue weighted by Gasteiger charge is -2.11. The Morgan fingerprint density at radius 3 is 2.44 bits per heavy atom. The number of carbonyl (C=O) groups excluding carboxylic acids is 1. The molecule has 2 aromatic rings. The molecule has 6 nitrogen and oxygen atoms in total. The number of hydrogen-bond acceptors (Lipinski definition) is 6. The maximum absolute atomic E-state index is 12.3. The number of nitrogens with zero attached hydrogens (tertiary/aromatic N) is 2. The second-order valence-corrected chi connectivity index (χ2v) is 8.96. The fourth-order valence-corrected chi connectivity index (χ4v) is 3.75. The first-order valence-corrected chi connectivity index (χ1v) is 10.7. The largest absolute Gasteiger partial charge is 0.402 e. The lowest BCUT2D eigenvalue weighted by molar-refractivity contribution is -0.129. The predicted octanol–water partition coefficient (Wildman–Crippen LogP) is 3.00. The Kier molecular flexibility index (Phi) is 5.50. The summed E-state index contributed by atoms with van der Waals surface area (Å²) in [5.74, 6) is -0.484. The van der Waals surface area contributed by atoms with Gasteiger partial charge in [0.25, 0.3) is 0 Å². The Morgan fingerprint density at radius 1 is 1.11 bits per heavy atom. The van der Waals surface area contributed by atoms with Crippen LogP contribution in [-0.2, 0) is 19.6 Å². The molecule has 0 spiro atoms. The van der Waals surface area contributed by atoms with Crippen molar-refractivity contribution in [2.24, 2.45) is 4.99 Å². The average molecular weight is 402 g/mol. The van der Waals surface area contributed by atoms with Crippen molar-refractivity contribution in [1.29, 1.82) is 0 Å². The molecule has 1 aliphatic rings. The Labute approximate surface area is 162 Å². The number of rotatable bonds is 5. The summed E-state index contributed by atoms with van der Waals surface area (Å²) in [6.45, 7) is 0. The summed E-state index contributed by atoms with van der Waals surface area (Å²) in [6, 6.07) is 13.9. The number of benzene rings is 2. The van der Waals surface area contributed by atoms with Crippen LogP contribution < -0.4 is 0 Å². The molecule has 27 heavy (non-hydrogen) atoms. The second kappa shape index (κ2) is 7.67. The molecule has 0 amide bonds. The summed E-state index contributed by atoms with van der Waals surface area (Å²) in [7, 11) is -0.677. The molecule has 1 aliphatic heterocycles. The number of esters is 1. The van der Waals surface area contributed by atoms with Crippen molar-refractivity contribution in [1.82, 2.24) is 4.31 Å². The minimum absolute atomic E-state index is 0.0859. The average Bonchev–Trinajstić information content (AvgIpc) is 3.03. The lowest BCUT2D eigenvalue weighted by atomic mass is 10.2. The molecule has 140 valence electrons. The second-order valence-electron chi connectivity index (χ2n) is 5.92. The van der Waals surface area contributed by atoms with E-state index in [4.69, 9.17) is 4.74 Å². The first kappa shape index (κ1) is 19.3. The number of sulfonamides is 1. The van der Waals surface area contributed by atoms with Crippen LogP contribution in [0.2, 0.25) is 0 Å². The highest BCUT2D eigenvalue weighted by molar-refractivity contribution is 7.98. The normalized spacial score (nSPS) is 15.9. The smallest absolute Gasteiger partial charge is 0.363 e. The maximum Gasteiger partial charge on any atom is 0.363 e. The number of cyclic esters (lactones) is 1. The fraction of sp³-hybridized carbons (Fsp3) is 0.158. The topological polar surface area (TPSA) is 76.0 Å². The van der Waals surface area contributed by atoms with Crippen molar-refractivity contribution in [3.05, 3.63) is 65.4 Å². The van der Waals surface area contributed by atoms with Crippen molar-refractivity contribution in [2.75, 3.05) is 20.4 Å². The summed E-state index contributed by atoms with van der Waals surface area (Å²) in [5, 5.41) is 0. The highest BCUT2D eigenvalue weighted by Crippen LogP contribution is 2.23. The van der Waals surface area contributed by atoms with E-state index in [0.29, 0.717) is 5.56 Å². The van der Waals surface area contributed by atoms with Crippen molar-refractivity contribution in [3.63, 3.8) is 0 Å². The molecule has 2 aromatic carbocycles. The minimum Gasteiger partial charge on any atom is -0.402 e. The van der Waals surface area contributed by atoms with Gasteiger partial charge in [-0.15, -0.1) is 11.8 Å². The standard InChI is InChI=1S/C19H18N2O4S2/c1-21(2)27(23,24)16-6-4-5-14(12-16)18-20-17(19(22)25-18)11-13-7-9-15(26-3)10-8-13/h4-12H,1-3H3. The van der Waals surface area contributed by atoms with Crippen molar-refractivity contribution >= 4 is 39.7 Å². The molecule has 0 saturated carbocycles. The van der Waals surface area contributed by atoms with Crippen LogP contribution in [0.25, 0.3) is 6.08 Å². The molecule has 0 unspecified atom stereocenters. The molecule has 0 radical (unpaired) electrons. The Morgan fingerprint density at radius 2 is 1.81 bits per heavy atom. The molecule has 0 fully saturated rings. The fourth-order valence-electron chi connectivity index (χ4n) is 2.39. The number of carbonyl (C=O) groups is 1. The van der Waals surface area contributed by atoms with Gasteiger partial charge >= 0.3 is 5.97 Å².